The summed E-state index contributed by atoms with van der Waals surface area (Å²) < 4.78 is 5.15. The molecule has 3 nitrogen and oxygen atoms in total. The predicted molar refractivity (Wildman–Crippen MR) is 61.5 cm³/mol. The molecule has 0 radical (unpaired) electrons. The summed E-state index contributed by atoms with van der Waals surface area (Å²) in [5.74, 6) is 1.72. The zero-order valence-corrected chi connectivity index (χ0v) is 9.99. The largest absolute Gasteiger partial charge is 0.447 e. The quantitative estimate of drug-likeness (QED) is 0.752. The molecule has 0 amide bonds. The normalized spacial score (nSPS) is 13.3. The van der Waals surface area contributed by atoms with Gasteiger partial charge in [0.05, 0.1) is 12.7 Å². The van der Waals surface area contributed by atoms with Gasteiger partial charge in [-0.05, 0) is 19.3 Å². The minimum atomic E-state index is 0.550. The van der Waals surface area contributed by atoms with Gasteiger partial charge in [-0.3, -0.25) is 0 Å². The third-order valence-electron chi connectivity index (χ3n) is 2.53. The lowest BCUT2D eigenvalue weighted by Crippen LogP contribution is -2.25. The van der Waals surface area contributed by atoms with Crippen LogP contribution in [-0.2, 0) is 6.54 Å². The first-order valence-electron chi connectivity index (χ1n) is 5.79. The average molecular weight is 210 g/mol. The van der Waals surface area contributed by atoms with E-state index in [1.807, 2.05) is 0 Å². The number of oxazole rings is 1. The van der Waals surface area contributed by atoms with Crippen molar-refractivity contribution in [3.8, 4) is 0 Å². The number of hydrogen-bond acceptors (Lipinski definition) is 3. The Morgan fingerprint density at radius 1 is 1.33 bits per heavy atom. The number of nitrogens with zero attached hydrogens (tertiary/aromatic N) is 1. The summed E-state index contributed by atoms with van der Waals surface area (Å²) in [5.41, 5.74) is 0. The Bertz CT molecular complexity index is 244. The zero-order chi connectivity index (χ0) is 11.1. The van der Waals surface area contributed by atoms with Crippen LogP contribution in [0.3, 0.4) is 0 Å². The molecule has 0 aliphatic rings. The van der Waals surface area contributed by atoms with Gasteiger partial charge in [-0.25, -0.2) is 4.98 Å². The van der Waals surface area contributed by atoms with E-state index < -0.39 is 0 Å². The summed E-state index contributed by atoms with van der Waals surface area (Å²) in [6.07, 6.45) is 7.07. The van der Waals surface area contributed by atoms with E-state index in [9.17, 15) is 0 Å². The van der Waals surface area contributed by atoms with E-state index in [-0.39, 0.29) is 0 Å². The fraction of sp³-hybridized carbons (Fsp3) is 0.750. The molecule has 1 atom stereocenters. The van der Waals surface area contributed by atoms with E-state index in [0.29, 0.717) is 6.04 Å². The van der Waals surface area contributed by atoms with E-state index in [2.05, 4.69) is 31.1 Å². The van der Waals surface area contributed by atoms with Crippen molar-refractivity contribution in [1.82, 2.24) is 10.3 Å². The zero-order valence-electron chi connectivity index (χ0n) is 9.99. The Labute approximate surface area is 92.3 Å². The highest BCUT2D eigenvalue weighted by molar-refractivity contribution is 4.87. The van der Waals surface area contributed by atoms with Crippen molar-refractivity contribution in [1.29, 1.82) is 0 Å². The van der Waals surface area contributed by atoms with Crippen LogP contribution in [0.1, 0.15) is 45.8 Å². The minimum Gasteiger partial charge on any atom is -0.447 e. The molecule has 1 N–H and O–H groups in total. The molecule has 0 fully saturated rings. The number of nitrogens with one attached hydrogen (secondary N) is 1. The number of hydrogen-bond donors (Lipinski definition) is 1. The van der Waals surface area contributed by atoms with Crippen molar-refractivity contribution in [3.05, 3.63) is 18.4 Å². The van der Waals surface area contributed by atoms with Crippen LogP contribution in [0.4, 0.5) is 0 Å². The Kier molecular flexibility index (Phi) is 5.40. The summed E-state index contributed by atoms with van der Waals surface area (Å²) in [7, 11) is 0. The highest BCUT2D eigenvalue weighted by atomic mass is 16.3. The van der Waals surface area contributed by atoms with Crippen molar-refractivity contribution in [2.24, 2.45) is 5.92 Å². The lowest BCUT2D eigenvalue weighted by Gasteiger charge is -2.13. The Morgan fingerprint density at radius 2 is 2.13 bits per heavy atom. The third-order valence-corrected chi connectivity index (χ3v) is 2.53. The van der Waals surface area contributed by atoms with Crippen LogP contribution >= 0.6 is 0 Å². The highest BCUT2D eigenvalue weighted by Gasteiger charge is 2.03. The summed E-state index contributed by atoms with van der Waals surface area (Å²) >= 11 is 0. The van der Waals surface area contributed by atoms with E-state index in [1.54, 1.807) is 6.20 Å². The molecule has 1 rings (SSSR count). The number of rotatable bonds is 7. The molecule has 0 aromatic carbocycles. The van der Waals surface area contributed by atoms with Gasteiger partial charge in [0.25, 0.3) is 0 Å². The molecule has 0 bridgehead atoms. The molecule has 0 saturated carbocycles. The van der Waals surface area contributed by atoms with Crippen molar-refractivity contribution in [2.75, 3.05) is 0 Å². The van der Waals surface area contributed by atoms with E-state index >= 15 is 0 Å². The van der Waals surface area contributed by atoms with Crippen LogP contribution in [-0.4, -0.2) is 11.0 Å². The first kappa shape index (κ1) is 12.2. The van der Waals surface area contributed by atoms with Crippen LogP contribution in [0.2, 0.25) is 0 Å². The summed E-state index contributed by atoms with van der Waals surface area (Å²) in [6, 6.07) is 0.550. The van der Waals surface area contributed by atoms with Crippen LogP contribution in [0.15, 0.2) is 17.0 Å². The Hall–Kier alpha value is -0.830. The van der Waals surface area contributed by atoms with Gasteiger partial charge in [0.15, 0.2) is 6.39 Å². The minimum absolute atomic E-state index is 0.550. The second-order valence-electron chi connectivity index (χ2n) is 4.57. The maximum atomic E-state index is 5.15. The van der Waals surface area contributed by atoms with Gasteiger partial charge in [0.1, 0.15) is 5.76 Å². The Morgan fingerprint density at radius 3 is 2.73 bits per heavy atom. The predicted octanol–water partition coefficient (Wildman–Crippen LogP) is 2.98. The maximum absolute atomic E-state index is 5.15. The molecular formula is C12H22N2O. The van der Waals surface area contributed by atoms with Crippen molar-refractivity contribution >= 4 is 0 Å². The van der Waals surface area contributed by atoms with Gasteiger partial charge in [0, 0.05) is 6.04 Å². The molecule has 86 valence electrons. The molecule has 1 aromatic heterocycles. The second-order valence-corrected chi connectivity index (χ2v) is 4.57. The van der Waals surface area contributed by atoms with Gasteiger partial charge >= 0.3 is 0 Å². The van der Waals surface area contributed by atoms with E-state index in [1.165, 1.54) is 25.7 Å². The molecule has 3 heteroatoms. The SMILES string of the molecule is CC(C)CCCC(C)NCc1cnco1. The lowest BCUT2D eigenvalue weighted by molar-refractivity contribution is 0.422. The van der Waals surface area contributed by atoms with E-state index in [4.69, 9.17) is 4.42 Å². The standard InChI is InChI=1S/C12H22N2O/c1-10(2)5-4-6-11(3)14-8-12-7-13-9-15-12/h7,9-11,14H,4-6,8H2,1-3H3. The van der Waals surface area contributed by atoms with Crippen LogP contribution in [0.5, 0.6) is 0 Å². The maximum Gasteiger partial charge on any atom is 0.180 e. The average Bonchev–Trinajstić information content (AvgIpc) is 2.66. The van der Waals surface area contributed by atoms with E-state index in [0.717, 1.165) is 18.2 Å². The monoisotopic (exact) mass is 210 g/mol. The molecule has 0 aliphatic carbocycles. The van der Waals surface area contributed by atoms with Crippen LogP contribution < -0.4 is 5.32 Å². The summed E-state index contributed by atoms with van der Waals surface area (Å²) in [4.78, 5) is 3.88. The highest BCUT2D eigenvalue weighted by Crippen LogP contribution is 2.08. The third kappa shape index (κ3) is 5.57. The topological polar surface area (TPSA) is 38.1 Å². The van der Waals surface area contributed by atoms with Crippen molar-refractivity contribution in [2.45, 2.75) is 52.6 Å². The van der Waals surface area contributed by atoms with Gasteiger partial charge in [-0.2, -0.15) is 0 Å². The first-order valence-corrected chi connectivity index (χ1v) is 5.79. The first-order chi connectivity index (χ1) is 7.18. The molecule has 0 saturated heterocycles. The fourth-order valence-corrected chi connectivity index (χ4v) is 1.54. The van der Waals surface area contributed by atoms with Crippen molar-refractivity contribution < 1.29 is 4.42 Å². The molecular weight excluding hydrogens is 188 g/mol. The molecule has 1 heterocycles. The molecule has 0 aliphatic heterocycles. The van der Waals surface area contributed by atoms with Gasteiger partial charge in [0.2, 0.25) is 0 Å². The van der Waals surface area contributed by atoms with Crippen LogP contribution in [0, 0.1) is 5.92 Å². The lowest BCUT2D eigenvalue weighted by atomic mass is 10.0. The molecule has 1 aromatic rings. The van der Waals surface area contributed by atoms with Crippen molar-refractivity contribution in [3.63, 3.8) is 0 Å². The summed E-state index contributed by atoms with van der Waals surface area (Å²) in [5, 5.41) is 3.42. The van der Waals surface area contributed by atoms with Gasteiger partial charge in [-0.15, -0.1) is 0 Å². The molecule has 0 spiro atoms. The smallest absolute Gasteiger partial charge is 0.180 e. The Balaban J connectivity index is 2.06. The second kappa shape index (κ2) is 6.62. The van der Waals surface area contributed by atoms with Crippen LogP contribution in [0.25, 0.3) is 0 Å². The van der Waals surface area contributed by atoms with Gasteiger partial charge in [-0.1, -0.05) is 26.7 Å². The fourth-order valence-electron chi connectivity index (χ4n) is 1.54. The summed E-state index contributed by atoms with van der Waals surface area (Å²) in [6.45, 7) is 7.54. The molecule has 1 unspecified atom stereocenters. The molecule has 15 heavy (non-hydrogen) atoms. The van der Waals surface area contributed by atoms with Gasteiger partial charge < -0.3 is 9.73 Å². The number of aromatic nitrogens is 1.